The highest BCUT2D eigenvalue weighted by Crippen LogP contribution is 2.20. The number of aromatic hydroxyl groups is 1. The molecule has 0 atom stereocenters. The van der Waals surface area contributed by atoms with Gasteiger partial charge in [-0.05, 0) is 57.1 Å². The van der Waals surface area contributed by atoms with Crippen molar-refractivity contribution < 1.29 is 24.2 Å². The van der Waals surface area contributed by atoms with Gasteiger partial charge in [0.15, 0.2) is 0 Å². The van der Waals surface area contributed by atoms with Gasteiger partial charge in [0.25, 0.3) is 0 Å². The predicted molar refractivity (Wildman–Crippen MR) is 97.0 cm³/mol. The summed E-state index contributed by atoms with van der Waals surface area (Å²) < 4.78 is 10.5. The Balaban J connectivity index is 1.67. The number of phenolic OH excluding ortho intramolecular Hbond substituents is 1. The van der Waals surface area contributed by atoms with Crippen molar-refractivity contribution in [1.29, 1.82) is 0 Å². The van der Waals surface area contributed by atoms with Gasteiger partial charge in [-0.2, -0.15) is 0 Å². The number of benzene rings is 1. The normalized spacial score (nSPS) is 15.5. The van der Waals surface area contributed by atoms with Crippen molar-refractivity contribution in [3.63, 3.8) is 0 Å². The minimum atomic E-state index is -0.368. The van der Waals surface area contributed by atoms with Crippen molar-refractivity contribution in [2.75, 3.05) is 46.4 Å². The molecule has 0 aliphatic carbocycles. The smallest absolute Gasteiger partial charge is 0.325 e. The second-order valence-corrected chi connectivity index (χ2v) is 6.46. The highest BCUT2D eigenvalue weighted by molar-refractivity contribution is 5.83. The van der Waals surface area contributed by atoms with Gasteiger partial charge in [-0.15, -0.1) is 0 Å². The molecule has 7 nitrogen and oxygen atoms in total. The van der Waals surface area contributed by atoms with Crippen LogP contribution in [0, 0.1) is 5.92 Å². The summed E-state index contributed by atoms with van der Waals surface area (Å²) in [6.07, 6.45) is 1.57. The number of carbonyl (C=O) groups is 2. The molecule has 1 aliphatic heterocycles. The van der Waals surface area contributed by atoms with Gasteiger partial charge in [0, 0.05) is 19.5 Å². The summed E-state index contributed by atoms with van der Waals surface area (Å²) in [4.78, 5) is 27.7. The number of carbonyl (C=O) groups excluding carboxylic acids is 2. The van der Waals surface area contributed by atoms with E-state index in [0.717, 1.165) is 38.2 Å². The van der Waals surface area contributed by atoms with Crippen LogP contribution in [-0.2, 0) is 14.3 Å². The van der Waals surface area contributed by atoms with Crippen LogP contribution in [-0.4, -0.2) is 73.2 Å². The molecule has 1 heterocycles. The number of phenols is 1. The molecule has 1 saturated heterocycles. The third-order valence-electron chi connectivity index (χ3n) is 4.50. The molecule has 0 unspecified atom stereocenters. The van der Waals surface area contributed by atoms with Gasteiger partial charge >= 0.3 is 5.97 Å². The molecule has 0 spiro atoms. The first kappa shape index (κ1) is 20.0. The maximum atomic E-state index is 12.4. The van der Waals surface area contributed by atoms with Crippen LogP contribution in [0.4, 0.5) is 0 Å². The van der Waals surface area contributed by atoms with Crippen molar-refractivity contribution in [2.24, 2.45) is 5.92 Å². The molecule has 2 rings (SSSR count). The molecule has 7 heteroatoms. The third kappa shape index (κ3) is 6.22. The highest BCUT2D eigenvalue weighted by Gasteiger charge is 2.28. The third-order valence-corrected chi connectivity index (χ3v) is 4.50. The van der Waals surface area contributed by atoms with Crippen LogP contribution in [0.1, 0.15) is 19.8 Å². The number of piperidine rings is 1. The van der Waals surface area contributed by atoms with Gasteiger partial charge in [-0.3, -0.25) is 14.5 Å². The van der Waals surface area contributed by atoms with Crippen LogP contribution < -0.4 is 4.74 Å². The molecule has 1 aliphatic rings. The van der Waals surface area contributed by atoms with Gasteiger partial charge in [-0.25, -0.2) is 0 Å². The fourth-order valence-corrected chi connectivity index (χ4v) is 3.03. The van der Waals surface area contributed by atoms with E-state index in [9.17, 15) is 14.7 Å². The van der Waals surface area contributed by atoms with Gasteiger partial charge in [0.1, 0.15) is 24.7 Å². The first-order chi connectivity index (χ1) is 12.5. The van der Waals surface area contributed by atoms with Gasteiger partial charge in [0.2, 0.25) is 5.91 Å². The highest BCUT2D eigenvalue weighted by atomic mass is 16.5. The van der Waals surface area contributed by atoms with Crippen LogP contribution in [0.15, 0.2) is 24.3 Å². The first-order valence-corrected chi connectivity index (χ1v) is 9.04. The second-order valence-electron chi connectivity index (χ2n) is 6.46. The predicted octanol–water partition coefficient (Wildman–Crippen LogP) is 1.50. The summed E-state index contributed by atoms with van der Waals surface area (Å²) in [5.41, 5.74) is 0. The second kappa shape index (κ2) is 10.0. The zero-order valence-corrected chi connectivity index (χ0v) is 15.5. The van der Waals surface area contributed by atoms with E-state index >= 15 is 0 Å². The SMILES string of the molecule is CCOC(=O)CN(C)C(=O)C1CCN(CCOc2ccc(O)cc2)CC1. The van der Waals surface area contributed by atoms with Crippen LogP contribution in [0.25, 0.3) is 0 Å². The summed E-state index contributed by atoms with van der Waals surface area (Å²) in [7, 11) is 1.65. The van der Waals surface area contributed by atoms with Crippen molar-refractivity contribution in [1.82, 2.24) is 9.80 Å². The first-order valence-electron chi connectivity index (χ1n) is 9.04. The molecule has 1 amide bonds. The zero-order chi connectivity index (χ0) is 18.9. The lowest BCUT2D eigenvalue weighted by atomic mass is 9.95. The van der Waals surface area contributed by atoms with E-state index < -0.39 is 0 Å². The summed E-state index contributed by atoms with van der Waals surface area (Å²) in [6, 6.07) is 6.66. The Bertz CT molecular complexity index is 582. The minimum Gasteiger partial charge on any atom is -0.508 e. The lowest BCUT2D eigenvalue weighted by molar-refractivity contribution is -0.149. The van der Waals surface area contributed by atoms with E-state index in [-0.39, 0.29) is 30.1 Å². The Kier molecular flexibility index (Phi) is 7.72. The molecular formula is C19H28N2O5. The molecule has 0 radical (unpaired) electrons. The van der Waals surface area contributed by atoms with E-state index in [1.165, 1.54) is 4.90 Å². The number of ether oxygens (including phenoxy) is 2. The van der Waals surface area contributed by atoms with Gasteiger partial charge < -0.3 is 19.5 Å². The fraction of sp³-hybridized carbons (Fsp3) is 0.579. The topological polar surface area (TPSA) is 79.3 Å². The van der Waals surface area contributed by atoms with Crippen molar-refractivity contribution >= 4 is 11.9 Å². The summed E-state index contributed by atoms with van der Waals surface area (Å²) in [6.45, 7) is 5.11. The average Bonchev–Trinajstić information content (AvgIpc) is 2.63. The Labute approximate surface area is 154 Å². The average molecular weight is 364 g/mol. The quantitative estimate of drug-likeness (QED) is 0.705. The van der Waals surface area contributed by atoms with E-state index in [1.807, 2.05) is 0 Å². The number of rotatable bonds is 8. The summed E-state index contributed by atoms with van der Waals surface area (Å²) in [5.74, 6) is 0.555. The molecule has 0 bridgehead atoms. The number of nitrogens with zero attached hydrogens (tertiary/aromatic N) is 2. The van der Waals surface area contributed by atoms with Crippen LogP contribution in [0.2, 0.25) is 0 Å². The molecule has 26 heavy (non-hydrogen) atoms. The van der Waals surface area contributed by atoms with Gasteiger partial charge in [0.05, 0.1) is 6.61 Å². The zero-order valence-electron chi connectivity index (χ0n) is 15.5. The molecule has 0 aromatic heterocycles. The molecule has 1 fully saturated rings. The van der Waals surface area contributed by atoms with E-state index in [1.54, 1.807) is 38.2 Å². The molecule has 0 saturated carbocycles. The molecule has 1 N–H and O–H groups in total. The molecule has 144 valence electrons. The molecule has 1 aromatic carbocycles. The van der Waals surface area contributed by atoms with Crippen molar-refractivity contribution in [2.45, 2.75) is 19.8 Å². The maximum absolute atomic E-state index is 12.4. The minimum absolute atomic E-state index is 0.00730. The number of likely N-dealkylation sites (tertiary alicyclic amines) is 1. The van der Waals surface area contributed by atoms with Crippen molar-refractivity contribution in [3.05, 3.63) is 24.3 Å². The van der Waals surface area contributed by atoms with E-state index in [0.29, 0.717) is 13.2 Å². The lowest BCUT2D eigenvalue weighted by Crippen LogP contribution is -2.43. The Morgan fingerprint density at radius 3 is 2.50 bits per heavy atom. The summed E-state index contributed by atoms with van der Waals surface area (Å²) >= 11 is 0. The standard InChI is InChI=1S/C19H28N2O5/c1-3-25-18(23)14-20(2)19(24)15-8-10-21(11-9-15)12-13-26-17-6-4-16(22)5-7-17/h4-7,15,22H,3,8-14H2,1-2H3. The maximum Gasteiger partial charge on any atom is 0.325 e. The van der Waals surface area contributed by atoms with Crippen LogP contribution in [0.5, 0.6) is 11.5 Å². The van der Waals surface area contributed by atoms with Crippen molar-refractivity contribution in [3.8, 4) is 11.5 Å². The molecular weight excluding hydrogens is 336 g/mol. The Morgan fingerprint density at radius 1 is 1.23 bits per heavy atom. The van der Waals surface area contributed by atoms with Crippen LogP contribution in [0.3, 0.4) is 0 Å². The number of esters is 1. The fourth-order valence-electron chi connectivity index (χ4n) is 3.03. The summed E-state index contributed by atoms with van der Waals surface area (Å²) in [5, 5.41) is 9.25. The Hall–Kier alpha value is -2.28. The monoisotopic (exact) mass is 364 g/mol. The van der Waals surface area contributed by atoms with Gasteiger partial charge in [-0.1, -0.05) is 0 Å². The van der Waals surface area contributed by atoms with E-state index in [2.05, 4.69) is 4.90 Å². The lowest BCUT2D eigenvalue weighted by Gasteiger charge is -2.32. The van der Waals surface area contributed by atoms with E-state index in [4.69, 9.17) is 9.47 Å². The largest absolute Gasteiger partial charge is 0.508 e. The number of likely N-dealkylation sites (N-methyl/N-ethyl adjacent to an activating group) is 1. The molecule has 1 aromatic rings. The number of hydrogen-bond acceptors (Lipinski definition) is 6. The van der Waals surface area contributed by atoms with Crippen LogP contribution >= 0.6 is 0 Å². The number of hydrogen-bond donors (Lipinski definition) is 1. The number of amides is 1. The Morgan fingerprint density at radius 2 is 1.88 bits per heavy atom.